The molecule has 86 valence electrons. The van der Waals surface area contributed by atoms with Crippen LogP contribution >= 0.6 is 0 Å². The molecular weight excluding hydrogens is 206 g/mol. The molecule has 0 unspecified atom stereocenters. The normalized spacial score (nSPS) is 11.2. The van der Waals surface area contributed by atoms with Gasteiger partial charge in [0.1, 0.15) is 17.9 Å². The molecule has 0 amide bonds. The molecule has 0 spiro atoms. The summed E-state index contributed by atoms with van der Waals surface area (Å²) in [6, 6.07) is 2.16. The fourth-order valence-electron chi connectivity index (χ4n) is 1.46. The molecule has 0 aromatic carbocycles. The first-order valence-corrected chi connectivity index (χ1v) is 5.26. The highest BCUT2D eigenvalue weighted by molar-refractivity contribution is 4.93. The molecule has 0 aliphatic rings. The van der Waals surface area contributed by atoms with E-state index in [1.807, 2.05) is 10.7 Å². The lowest BCUT2D eigenvalue weighted by molar-refractivity contribution is 0.370. The minimum atomic E-state index is 0.324. The quantitative estimate of drug-likeness (QED) is 0.819. The van der Waals surface area contributed by atoms with Gasteiger partial charge >= 0.3 is 0 Å². The molecular formula is C10H15N5O. The van der Waals surface area contributed by atoms with Crippen molar-refractivity contribution in [3.8, 4) is 0 Å². The zero-order chi connectivity index (χ0) is 11.4. The molecule has 6 heteroatoms. The van der Waals surface area contributed by atoms with Crippen LogP contribution in [0.25, 0.3) is 0 Å². The third-order valence-corrected chi connectivity index (χ3v) is 2.21. The zero-order valence-corrected chi connectivity index (χ0v) is 9.42. The van der Waals surface area contributed by atoms with Gasteiger partial charge in [0.15, 0.2) is 0 Å². The van der Waals surface area contributed by atoms with Crippen LogP contribution in [0.2, 0.25) is 0 Å². The lowest BCUT2D eigenvalue weighted by Crippen LogP contribution is -2.18. The Hall–Kier alpha value is -1.69. The van der Waals surface area contributed by atoms with Crippen molar-refractivity contribution in [1.29, 1.82) is 0 Å². The minimum Gasteiger partial charge on any atom is -0.360 e. The maximum Gasteiger partial charge on any atom is 0.150 e. The van der Waals surface area contributed by atoms with Crippen LogP contribution in [-0.4, -0.2) is 19.9 Å². The predicted octanol–water partition coefficient (Wildman–Crippen LogP) is 1.14. The van der Waals surface area contributed by atoms with Crippen LogP contribution in [0.15, 0.2) is 23.1 Å². The van der Waals surface area contributed by atoms with E-state index in [9.17, 15) is 0 Å². The van der Waals surface area contributed by atoms with E-state index >= 15 is 0 Å². The number of aromatic nitrogens is 4. The largest absolute Gasteiger partial charge is 0.360 e. The van der Waals surface area contributed by atoms with E-state index in [-0.39, 0.29) is 0 Å². The molecule has 0 saturated carbocycles. The molecule has 0 fully saturated rings. The number of rotatable bonds is 5. The van der Waals surface area contributed by atoms with Gasteiger partial charge < -0.3 is 9.84 Å². The van der Waals surface area contributed by atoms with Crippen LogP contribution in [-0.2, 0) is 13.1 Å². The number of hydrogen-bond acceptors (Lipinski definition) is 5. The highest BCUT2D eigenvalue weighted by Crippen LogP contribution is 2.05. The van der Waals surface area contributed by atoms with Crippen LogP contribution in [0, 0.1) is 0 Å². The van der Waals surface area contributed by atoms with Gasteiger partial charge in [-0.15, -0.1) is 0 Å². The molecule has 0 saturated heterocycles. The summed E-state index contributed by atoms with van der Waals surface area (Å²) in [7, 11) is 0. The lowest BCUT2D eigenvalue weighted by Gasteiger charge is -2.09. The number of nitrogens with zero attached hydrogens (tertiary/aromatic N) is 4. The number of hydrogen-bond donors (Lipinski definition) is 1. The fourth-order valence-corrected chi connectivity index (χ4v) is 1.46. The van der Waals surface area contributed by atoms with E-state index < -0.39 is 0 Å². The Morgan fingerprint density at radius 1 is 1.44 bits per heavy atom. The van der Waals surface area contributed by atoms with E-state index in [0.717, 1.165) is 11.6 Å². The van der Waals surface area contributed by atoms with Crippen molar-refractivity contribution < 1.29 is 4.52 Å². The first kappa shape index (κ1) is 10.8. The summed E-state index contributed by atoms with van der Waals surface area (Å²) in [4.78, 5) is 4.20. The molecule has 0 aliphatic heterocycles. The van der Waals surface area contributed by atoms with Crippen LogP contribution in [0.3, 0.4) is 0 Å². The van der Waals surface area contributed by atoms with Gasteiger partial charge in [-0.05, 0) is 13.8 Å². The Morgan fingerprint density at radius 2 is 2.31 bits per heavy atom. The van der Waals surface area contributed by atoms with Gasteiger partial charge in [-0.25, -0.2) is 9.67 Å². The molecule has 2 rings (SSSR count). The highest BCUT2D eigenvalue weighted by Gasteiger charge is 2.06. The Morgan fingerprint density at radius 3 is 3.00 bits per heavy atom. The van der Waals surface area contributed by atoms with Crippen molar-refractivity contribution in [3.05, 3.63) is 30.2 Å². The summed E-state index contributed by atoms with van der Waals surface area (Å²) in [6.07, 6.45) is 3.21. The molecule has 0 atom stereocenters. The molecule has 16 heavy (non-hydrogen) atoms. The molecule has 2 heterocycles. The topological polar surface area (TPSA) is 68.8 Å². The Balaban J connectivity index is 1.87. The highest BCUT2D eigenvalue weighted by atomic mass is 16.5. The van der Waals surface area contributed by atoms with E-state index in [2.05, 4.69) is 34.4 Å². The van der Waals surface area contributed by atoms with E-state index in [0.29, 0.717) is 19.1 Å². The van der Waals surface area contributed by atoms with Crippen LogP contribution in [0.1, 0.15) is 31.5 Å². The van der Waals surface area contributed by atoms with Gasteiger partial charge in [0.25, 0.3) is 0 Å². The van der Waals surface area contributed by atoms with Gasteiger partial charge in [0.2, 0.25) is 0 Å². The third-order valence-electron chi connectivity index (χ3n) is 2.21. The summed E-state index contributed by atoms with van der Waals surface area (Å²) in [6.45, 7) is 5.47. The van der Waals surface area contributed by atoms with Crippen molar-refractivity contribution in [1.82, 2.24) is 25.2 Å². The molecule has 0 radical (unpaired) electrons. The monoisotopic (exact) mass is 221 g/mol. The Labute approximate surface area is 93.7 Å². The van der Waals surface area contributed by atoms with Gasteiger partial charge in [-0.2, -0.15) is 5.10 Å². The van der Waals surface area contributed by atoms with Crippen molar-refractivity contribution >= 4 is 0 Å². The average molecular weight is 221 g/mol. The maximum absolute atomic E-state index is 4.98. The van der Waals surface area contributed by atoms with Gasteiger partial charge in [-0.3, -0.25) is 0 Å². The third kappa shape index (κ3) is 2.46. The summed E-state index contributed by atoms with van der Waals surface area (Å²) in [5, 5.41) is 11.0. The molecule has 0 aliphatic carbocycles. The van der Waals surface area contributed by atoms with Crippen molar-refractivity contribution in [2.24, 2.45) is 0 Å². The average Bonchev–Trinajstić information content (AvgIpc) is 2.87. The van der Waals surface area contributed by atoms with Crippen molar-refractivity contribution in [2.45, 2.75) is 33.0 Å². The van der Waals surface area contributed by atoms with E-state index in [1.165, 1.54) is 0 Å². The predicted molar refractivity (Wildman–Crippen MR) is 57.5 cm³/mol. The van der Waals surface area contributed by atoms with Gasteiger partial charge in [0.05, 0.1) is 19.3 Å². The summed E-state index contributed by atoms with van der Waals surface area (Å²) < 4.78 is 6.87. The summed E-state index contributed by atoms with van der Waals surface area (Å²) in [5.74, 6) is 1.74. The Kier molecular flexibility index (Phi) is 3.31. The summed E-state index contributed by atoms with van der Waals surface area (Å²) in [5.41, 5.74) is 0. The second-order valence-electron chi connectivity index (χ2n) is 3.80. The standard InChI is InChI=1S/C10H15N5O/c1-8(2)15-10(12-7-13-15)6-11-5-9-3-4-14-16-9/h3-4,7-8,11H,5-6H2,1-2H3. The Bertz CT molecular complexity index is 420. The van der Waals surface area contributed by atoms with Crippen LogP contribution in [0.5, 0.6) is 0 Å². The van der Waals surface area contributed by atoms with Crippen LogP contribution < -0.4 is 5.32 Å². The zero-order valence-electron chi connectivity index (χ0n) is 9.42. The van der Waals surface area contributed by atoms with Gasteiger partial charge in [-0.1, -0.05) is 5.16 Å². The SMILES string of the molecule is CC(C)n1ncnc1CNCc1ccno1. The van der Waals surface area contributed by atoms with E-state index in [4.69, 9.17) is 4.52 Å². The second kappa shape index (κ2) is 4.89. The first-order valence-electron chi connectivity index (χ1n) is 5.26. The lowest BCUT2D eigenvalue weighted by atomic mass is 10.4. The molecule has 1 N–H and O–H groups in total. The summed E-state index contributed by atoms with van der Waals surface area (Å²) >= 11 is 0. The van der Waals surface area contributed by atoms with Crippen molar-refractivity contribution in [2.75, 3.05) is 0 Å². The smallest absolute Gasteiger partial charge is 0.150 e. The van der Waals surface area contributed by atoms with Crippen molar-refractivity contribution in [3.63, 3.8) is 0 Å². The number of nitrogens with one attached hydrogen (secondary N) is 1. The fraction of sp³-hybridized carbons (Fsp3) is 0.500. The molecule has 2 aromatic heterocycles. The van der Waals surface area contributed by atoms with Crippen LogP contribution in [0.4, 0.5) is 0 Å². The van der Waals surface area contributed by atoms with E-state index in [1.54, 1.807) is 12.5 Å². The minimum absolute atomic E-state index is 0.324. The first-order chi connectivity index (χ1) is 7.77. The molecule has 0 bridgehead atoms. The maximum atomic E-state index is 4.98. The molecule has 2 aromatic rings. The van der Waals surface area contributed by atoms with Gasteiger partial charge in [0, 0.05) is 12.1 Å². The second-order valence-corrected chi connectivity index (χ2v) is 3.80. The molecule has 6 nitrogen and oxygen atoms in total.